The van der Waals surface area contributed by atoms with Crippen LogP contribution in [0.5, 0.6) is 0 Å². The Morgan fingerprint density at radius 3 is 2.67 bits per heavy atom. The molecule has 1 atom stereocenters. The molecule has 1 unspecified atom stereocenters. The maximum Gasteiger partial charge on any atom is 0.412 e. The summed E-state index contributed by atoms with van der Waals surface area (Å²) in [7, 11) is 1.69. The van der Waals surface area contributed by atoms with Gasteiger partial charge in [0.05, 0.1) is 6.26 Å². The van der Waals surface area contributed by atoms with Gasteiger partial charge in [0, 0.05) is 13.5 Å². The van der Waals surface area contributed by atoms with Crippen molar-refractivity contribution in [1.29, 1.82) is 0 Å². The van der Waals surface area contributed by atoms with E-state index in [1.807, 2.05) is 26.8 Å². The Morgan fingerprint density at radius 1 is 1.53 bits per heavy atom. The number of carbonyl (C=O) groups is 1. The SMILES string of the molecule is CN(C(=O)OC(C)(C)C)C1CCC=CO1. The maximum absolute atomic E-state index is 11.7. The average Bonchev–Trinajstić information content (AvgIpc) is 2.15. The molecule has 86 valence electrons. The minimum atomic E-state index is -0.462. The molecule has 0 aliphatic carbocycles. The second kappa shape index (κ2) is 4.55. The predicted molar refractivity (Wildman–Crippen MR) is 57.2 cm³/mol. The Balaban J connectivity index is 2.48. The van der Waals surface area contributed by atoms with Crippen LogP contribution in [0.1, 0.15) is 33.6 Å². The van der Waals surface area contributed by atoms with Crippen molar-refractivity contribution in [1.82, 2.24) is 4.90 Å². The smallest absolute Gasteiger partial charge is 0.412 e. The molecule has 1 rings (SSSR count). The highest BCUT2D eigenvalue weighted by atomic mass is 16.6. The molecule has 15 heavy (non-hydrogen) atoms. The molecule has 1 aliphatic rings. The molecule has 1 amide bonds. The van der Waals surface area contributed by atoms with Crippen molar-refractivity contribution < 1.29 is 14.3 Å². The molecule has 0 spiro atoms. The van der Waals surface area contributed by atoms with E-state index in [1.165, 1.54) is 4.90 Å². The summed E-state index contributed by atoms with van der Waals surface area (Å²) in [5.41, 5.74) is -0.462. The first-order chi connectivity index (χ1) is 6.90. The first kappa shape index (κ1) is 11.9. The fourth-order valence-electron chi connectivity index (χ4n) is 1.26. The summed E-state index contributed by atoms with van der Waals surface area (Å²) in [6.07, 6.45) is 4.77. The van der Waals surface area contributed by atoms with Gasteiger partial charge in [-0.15, -0.1) is 0 Å². The lowest BCUT2D eigenvalue weighted by Gasteiger charge is -2.31. The summed E-state index contributed by atoms with van der Waals surface area (Å²) < 4.78 is 10.6. The lowest BCUT2D eigenvalue weighted by Crippen LogP contribution is -2.42. The number of nitrogens with zero attached hydrogens (tertiary/aromatic N) is 1. The highest BCUT2D eigenvalue weighted by Crippen LogP contribution is 2.16. The molecule has 1 aliphatic heterocycles. The molecular formula is C11H19NO3. The van der Waals surface area contributed by atoms with Crippen molar-refractivity contribution in [2.75, 3.05) is 7.05 Å². The number of allylic oxidation sites excluding steroid dienone is 1. The van der Waals surface area contributed by atoms with E-state index in [-0.39, 0.29) is 12.3 Å². The summed E-state index contributed by atoms with van der Waals surface area (Å²) in [5, 5.41) is 0. The van der Waals surface area contributed by atoms with E-state index >= 15 is 0 Å². The van der Waals surface area contributed by atoms with Crippen molar-refractivity contribution in [3.05, 3.63) is 12.3 Å². The standard InChI is InChI=1S/C11H19NO3/c1-11(2,3)15-10(13)12(4)9-7-5-6-8-14-9/h6,8-9H,5,7H2,1-4H3. The average molecular weight is 213 g/mol. The second-order valence-corrected chi connectivity index (χ2v) is 4.63. The van der Waals surface area contributed by atoms with Crippen LogP contribution in [0, 0.1) is 0 Å². The third-order valence-corrected chi connectivity index (χ3v) is 2.03. The van der Waals surface area contributed by atoms with Gasteiger partial charge >= 0.3 is 6.09 Å². The number of ether oxygens (including phenoxy) is 2. The number of rotatable bonds is 1. The minimum Gasteiger partial charge on any atom is -0.478 e. The number of hydrogen-bond acceptors (Lipinski definition) is 3. The van der Waals surface area contributed by atoms with E-state index in [4.69, 9.17) is 9.47 Å². The molecule has 0 radical (unpaired) electrons. The highest BCUT2D eigenvalue weighted by Gasteiger charge is 2.26. The monoisotopic (exact) mass is 213 g/mol. The summed E-state index contributed by atoms with van der Waals surface area (Å²) in [6.45, 7) is 5.54. The largest absolute Gasteiger partial charge is 0.478 e. The molecule has 0 saturated heterocycles. The summed E-state index contributed by atoms with van der Waals surface area (Å²) in [4.78, 5) is 13.2. The lowest BCUT2D eigenvalue weighted by atomic mass is 10.2. The number of carbonyl (C=O) groups excluding carboxylic acids is 1. The molecule has 0 fully saturated rings. The highest BCUT2D eigenvalue weighted by molar-refractivity contribution is 5.68. The van der Waals surface area contributed by atoms with Gasteiger partial charge in [0.2, 0.25) is 0 Å². The number of hydrogen-bond donors (Lipinski definition) is 0. The molecule has 0 aromatic carbocycles. The van der Waals surface area contributed by atoms with Crippen LogP contribution in [0.2, 0.25) is 0 Å². The van der Waals surface area contributed by atoms with Crippen LogP contribution >= 0.6 is 0 Å². The fraction of sp³-hybridized carbons (Fsp3) is 0.727. The van der Waals surface area contributed by atoms with Crippen molar-refractivity contribution >= 4 is 6.09 Å². The summed E-state index contributed by atoms with van der Waals surface area (Å²) in [6, 6.07) is 0. The Hall–Kier alpha value is -1.19. The van der Waals surface area contributed by atoms with Crippen LogP contribution in [-0.2, 0) is 9.47 Å². The Bertz CT molecular complexity index is 255. The van der Waals surface area contributed by atoms with Crippen LogP contribution in [0.4, 0.5) is 4.79 Å². The molecule has 4 heteroatoms. The molecule has 0 saturated carbocycles. The van der Waals surface area contributed by atoms with Gasteiger partial charge in [-0.25, -0.2) is 4.79 Å². The Kier molecular flexibility index (Phi) is 3.61. The van der Waals surface area contributed by atoms with Gasteiger partial charge in [-0.3, -0.25) is 4.90 Å². The molecule has 1 heterocycles. The van der Waals surface area contributed by atoms with Crippen molar-refractivity contribution in [2.24, 2.45) is 0 Å². The van der Waals surface area contributed by atoms with Gasteiger partial charge in [0.25, 0.3) is 0 Å². The minimum absolute atomic E-state index is 0.204. The fourth-order valence-corrected chi connectivity index (χ4v) is 1.26. The van der Waals surface area contributed by atoms with Crippen LogP contribution in [0.15, 0.2) is 12.3 Å². The Labute approximate surface area is 90.8 Å². The quantitative estimate of drug-likeness (QED) is 0.671. The van der Waals surface area contributed by atoms with Gasteiger partial charge in [0.1, 0.15) is 5.60 Å². The van der Waals surface area contributed by atoms with Crippen LogP contribution in [0.3, 0.4) is 0 Å². The molecule has 0 N–H and O–H groups in total. The van der Waals surface area contributed by atoms with E-state index in [0.29, 0.717) is 0 Å². The van der Waals surface area contributed by atoms with Gasteiger partial charge in [-0.1, -0.05) is 0 Å². The Morgan fingerprint density at radius 2 is 2.20 bits per heavy atom. The van der Waals surface area contributed by atoms with Crippen molar-refractivity contribution in [2.45, 2.75) is 45.4 Å². The molecular weight excluding hydrogens is 194 g/mol. The van der Waals surface area contributed by atoms with E-state index in [9.17, 15) is 4.79 Å². The molecule has 0 aromatic heterocycles. The van der Waals surface area contributed by atoms with Gasteiger partial charge in [-0.2, -0.15) is 0 Å². The zero-order valence-corrected chi connectivity index (χ0v) is 9.82. The zero-order chi connectivity index (χ0) is 11.5. The molecule has 0 bridgehead atoms. The van der Waals surface area contributed by atoms with Gasteiger partial charge in [0.15, 0.2) is 6.23 Å². The molecule has 0 aromatic rings. The van der Waals surface area contributed by atoms with Crippen molar-refractivity contribution in [3.63, 3.8) is 0 Å². The summed E-state index contributed by atoms with van der Waals surface area (Å²) in [5.74, 6) is 0. The third kappa shape index (κ3) is 3.81. The van der Waals surface area contributed by atoms with Gasteiger partial charge < -0.3 is 9.47 Å². The first-order valence-corrected chi connectivity index (χ1v) is 5.16. The van der Waals surface area contributed by atoms with E-state index < -0.39 is 5.60 Å². The van der Waals surface area contributed by atoms with E-state index in [2.05, 4.69) is 0 Å². The normalized spacial score (nSPS) is 20.7. The zero-order valence-electron chi connectivity index (χ0n) is 9.82. The summed E-state index contributed by atoms with van der Waals surface area (Å²) >= 11 is 0. The second-order valence-electron chi connectivity index (χ2n) is 4.63. The molecule has 4 nitrogen and oxygen atoms in total. The maximum atomic E-state index is 11.7. The van der Waals surface area contributed by atoms with Crippen LogP contribution in [0.25, 0.3) is 0 Å². The van der Waals surface area contributed by atoms with Gasteiger partial charge in [-0.05, 0) is 33.3 Å². The third-order valence-electron chi connectivity index (χ3n) is 2.03. The van der Waals surface area contributed by atoms with Crippen molar-refractivity contribution in [3.8, 4) is 0 Å². The predicted octanol–water partition coefficient (Wildman–Crippen LogP) is 2.50. The van der Waals surface area contributed by atoms with Crippen LogP contribution in [-0.4, -0.2) is 29.9 Å². The first-order valence-electron chi connectivity index (χ1n) is 5.16. The van der Waals surface area contributed by atoms with E-state index in [1.54, 1.807) is 13.3 Å². The lowest BCUT2D eigenvalue weighted by molar-refractivity contribution is -0.0321. The van der Waals surface area contributed by atoms with Crippen LogP contribution < -0.4 is 0 Å². The number of amides is 1. The van der Waals surface area contributed by atoms with E-state index in [0.717, 1.165) is 12.8 Å². The topological polar surface area (TPSA) is 38.8 Å².